The molecule has 0 saturated heterocycles. The number of hydrogen-bond acceptors (Lipinski definition) is 2. The maximum atomic E-state index is 4.12. The Labute approximate surface area is 80.1 Å². The molecule has 0 atom stereocenters. The molecule has 0 radical (unpaired) electrons. The quantitative estimate of drug-likeness (QED) is 0.691. The molecule has 0 N–H and O–H groups in total. The molecule has 1 aromatic heterocycles. The molecule has 0 saturated carbocycles. The van der Waals surface area contributed by atoms with Gasteiger partial charge in [0, 0.05) is 12.4 Å². The van der Waals surface area contributed by atoms with Gasteiger partial charge in [-0.2, -0.15) is 0 Å². The summed E-state index contributed by atoms with van der Waals surface area (Å²) in [5.41, 5.74) is 1.69. The number of nitrogens with zero attached hydrogens (tertiary/aromatic N) is 2. The van der Waals surface area contributed by atoms with Crippen molar-refractivity contribution >= 4 is 12.2 Å². The van der Waals surface area contributed by atoms with Crippen molar-refractivity contribution in [2.24, 2.45) is 0 Å². The maximum absolute atomic E-state index is 4.12. The second kappa shape index (κ2) is 7.22. The predicted octanol–water partition coefficient (Wildman–Crippen LogP) is 3.18. The summed E-state index contributed by atoms with van der Waals surface area (Å²) in [6, 6.07) is 0. The topological polar surface area (TPSA) is 25.8 Å². The average Bonchev–Trinajstić information content (AvgIpc) is 2.22. The summed E-state index contributed by atoms with van der Waals surface area (Å²) in [7, 11) is 0. The smallest absolute Gasteiger partial charge is 0.0883 e. The van der Waals surface area contributed by atoms with Gasteiger partial charge < -0.3 is 0 Å². The molecule has 0 bridgehead atoms. The molecule has 13 heavy (non-hydrogen) atoms. The first-order chi connectivity index (χ1) is 6.38. The molecule has 2 nitrogen and oxygen atoms in total. The third-order valence-electron chi connectivity index (χ3n) is 1.27. The van der Waals surface area contributed by atoms with Crippen LogP contribution in [-0.4, -0.2) is 9.97 Å². The Bertz CT molecular complexity index is 277. The van der Waals surface area contributed by atoms with E-state index < -0.39 is 0 Å². The van der Waals surface area contributed by atoms with Crippen molar-refractivity contribution < 1.29 is 0 Å². The van der Waals surface area contributed by atoms with Gasteiger partial charge in [0.15, 0.2) is 0 Å². The Morgan fingerprint density at radius 1 is 1.15 bits per heavy atom. The highest BCUT2D eigenvalue weighted by Gasteiger charge is 1.93. The van der Waals surface area contributed by atoms with Crippen LogP contribution in [0.15, 0.2) is 25.0 Å². The van der Waals surface area contributed by atoms with Crippen LogP contribution in [0.1, 0.15) is 32.2 Å². The second-order valence-electron chi connectivity index (χ2n) is 2.03. The number of hydrogen-bond donors (Lipinski definition) is 0. The van der Waals surface area contributed by atoms with Crippen molar-refractivity contribution in [3.63, 3.8) is 0 Å². The molecule has 0 aliphatic rings. The van der Waals surface area contributed by atoms with Gasteiger partial charge in [-0.3, -0.25) is 9.97 Å². The largest absolute Gasteiger partial charge is 0.253 e. The lowest BCUT2D eigenvalue weighted by atomic mass is 10.3. The van der Waals surface area contributed by atoms with Crippen LogP contribution in [0.3, 0.4) is 0 Å². The molecule has 0 aromatic carbocycles. The number of aromatic nitrogens is 2. The van der Waals surface area contributed by atoms with Gasteiger partial charge in [0.25, 0.3) is 0 Å². The van der Waals surface area contributed by atoms with Crippen LogP contribution < -0.4 is 0 Å². The van der Waals surface area contributed by atoms with Gasteiger partial charge in [-0.15, -0.1) is 0 Å². The molecular formula is C11H16N2. The standard InChI is InChI=1S/C9H10N2.C2H6/c1-3-5-9-8(4-2)10-6-7-11-9;1-2/h3-7H,2H2,1H3;1-2H3/b5-3-;. The van der Waals surface area contributed by atoms with Crippen molar-refractivity contribution in [1.29, 1.82) is 0 Å². The normalized spacial score (nSPS) is 9.15. The lowest BCUT2D eigenvalue weighted by molar-refractivity contribution is 1.16. The molecule has 70 valence electrons. The third-order valence-corrected chi connectivity index (χ3v) is 1.27. The van der Waals surface area contributed by atoms with Crippen LogP contribution in [-0.2, 0) is 0 Å². The summed E-state index contributed by atoms with van der Waals surface area (Å²) >= 11 is 0. The fraction of sp³-hybridized carbons (Fsp3) is 0.273. The van der Waals surface area contributed by atoms with E-state index in [1.165, 1.54) is 0 Å². The third kappa shape index (κ3) is 3.65. The van der Waals surface area contributed by atoms with Gasteiger partial charge in [0.05, 0.1) is 11.4 Å². The van der Waals surface area contributed by atoms with Crippen LogP contribution >= 0.6 is 0 Å². The first-order valence-corrected chi connectivity index (χ1v) is 4.44. The van der Waals surface area contributed by atoms with E-state index in [0.29, 0.717) is 0 Å². The van der Waals surface area contributed by atoms with Gasteiger partial charge in [-0.25, -0.2) is 0 Å². The van der Waals surface area contributed by atoms with Crippen LogP contribution in [0.4, 0.5) is 0 Å². The molecular weight excluding hydrogens is 160 g/mol. The fourth-order valence-electron chi connectivity index (χ4n) is 0.803. The molecule has 0 spiro atoms. The zero-order valence-electron chi connectivity index (χ0n) is 8.49. The van der Waals surface area contributed by atoms with E-state index >= 15 is 0 Å². The second-order valence-corrected chi connectivity index (χ2v) is 2.03. The highest BCUT2D eigenvalue weighted by molar-refractivity contribution is 5.57. The van der Waals surface area contributed by atoms with E-state index in [0.717, 1.165) is 11.4 Å². The molecule has 0 fully saturated rings. The van der Waals surface area contributed by atoms with Crippen LogP contribution in [0, 0.1) is 0 Å². The Morgan fingerprint density at radius 2 is 1.69 bits per heavy atom. The minimum atomic E-state index is 0.825. The van der Waals surface area contributed by atoms with E-state index in [2.05, 4.69) is 16.5 Å². The van der Waals surface area contributed by atoms with Gasteiger partial charge >= 0.3 is 0 Å². The van der Waals surface area contributed by atoms with Crippen LogP contribution in [0.2, 0.25) is 0 Å². The van der Waals surface area contributed by atoms with Gasteiger partial charge in [0.2, 0.25) is 0 Å². The van der Waals surface area contributed by atoms with Crippen molar-refractivity contribution in [3.8, 4) is 0 Å². The predicted molar refractivity (Wildman–Crippen MR) is 58.2 cm³/mol. The van der Waals surface area contributed by atoms with E-state index in [1.807, 2.05) is 32.9 Å². The van der Waals surface area contributed by atoms with Gasteiger partial charge in [-0.05, 0) is 19.1 Å². The SMILES string of the molecule is C=Cc1nccnc1/C=C\C.CC. The first-order valence-electron chi connectivity index (χ1n) is 4.44. The zero-order chi connectivity index (χ0) is 10.1. The van der Waals surface area contributed by atoms with Crippen molar-refractivity contribution in [3.05, 3.63) is 36.4 Å². The lowest BCUT2D eigenvalue weighted by Gasteiger charge is -1.95. The fourth-order valence-corrected chi connectivity index (χ4v) is 0.803. The maximum Gasteiger partial charge on any atom is 0.0883 e. The molecule has 0 aliphatic carbocycles. The van der Waals surface area contributed by atoms with Gasteiger partial charge in [-0.1, -0.05) is 26.5 Å². The molecule has 1 rings (SSSR count). The molecule has 0 amide bonds. The van der Waals surface area contributed by atoms with Gasteiger partial charge in [0.1, 0.15) is 0 Å². The number of rotatable bonds is 2. The van der Waals surface area contributed by atoms with E-state index in [4.69, 9.17) is 0 Å². The molecule has 0 unspecified atom stereocenters. The van der Waals surface area contributed by atoms with E-state index in [9.17, 15) is 0 Å². The Hall–Kier alpha value is -1.44. The first kappa shape index (κ1) is 11.6. The zero-order valence-corrected chi connectivity index (χ0v) is 8.49. The average molecular weight is 176 g/mol. The Morgan fingerprint density at radius 3 is 2.15 bits per heavy atom. The summed E-state index contributed by atoms with van der Waals surface area (Å²) in [4.78, 5) is 8.20. The monoisotopic (exact) mass is 176 g/mol. The van der Waals surface area contributed by atoms with Crippen molar-refractivity contribution in [2.75, 3.05) is 0 Å². The molecule has 2 heteroatoms. The molecule has 1 heterocycles. The van der Waals surface area contributed by atoms with Crippen LogP contribution in [0.5, 0.6) is 0 Å². The Balaban J connectivity index is 0.000000671. The van der Waals surface area contributed by atoms with Crippen molar-refractivity contribution in [1.82, 2.24) is 9.97 Å². The number of allylic oxidation sites excluding steroid dienone is 1. The minimum absolute atomic E-state index is 0.825. The minimum Gasteiger partial charge on any atom is -0.253 e. The van der Waals surface area contributed by atoms with E-state index in [1.54, 1.807) is 18.5 Å². The Kier molecular flexibility index (Phi) is 6.42. The molecule has 1 aromatic rings. The summed E-state index contributed by atoms with van der Waals surface area (Å²) in [6.45, 7) is 9.58. The summed E-state index contributed by atoms with van der Waals surface area (Å²) in [6.07, 6.45) is 8.86. The summed E-state index contributed by atoms with van der Waals surface area (Å²) < 4.78 is 0. The highest BCUT2D eigenvalue weighted by atomic mass is 14.8. The van der Waals surface area contributed by atoms with E-state index in [-0.39, 0.29) is 0 Å². The lowest BCUT2D eigenvalue weighted by Crippen LogP contribution is -1.88. The van der Waals surface area contributed by atoms with Crippen LogP contribution in [0.25, 0.3) is 12.2 Å². The highest BCUT2D eigenvalue weighted by Crippen LogP contribution is 2.04. The summed E-state index contributed by atoms with van der Waals surface area (Å²) in [5.74, 6) is 0. The molecule has 0 aliphatic heterocycles. The van der Waals surface area contributed by atoms with Crippen molar-refractivity contribution in [2.45, 2.75) is 20.8 Å². The summed E-state index contributed by atoms with van der Waals surface area (Å²) in [5, 5.41) is 0.